The first-order valence-electron chi connectivity index (χ1n) is 8.36. The lowest BCUT2D eigenvalue weighted by molar-refractivity contribution is 0.0950. The third kappa shape index (κ3) is 5.11. The highest BCUT2D eigenvalue weighted by atomic mass is 16.5. The molecule has 25 heavy (non-hydrogen) atoms. The van der Waals surface area contributed by atoms with Gasteiger partial charge in [-0.25, -0.2) is 4.98 Å². The molecule has 1 N–H and O–H groups in total. The molecular formula is C19H25N3O3. The quantitative estimate of drug-likeness (QED) is 0.798. The number of hydrogen-bond donors (Lipinski definition) is 1. The minimum absolute atomic E-state index is 0.180. The molecule has 0 fully saturated rings. The number of nitrogens with one attached hydrogen (secondary N) is 1. The highest BCUT2D eigenvalue weighted by Gasteiger charge is 2.12. The lowest BCUT2D eigenvalue weighted by atomic mass is 10.2. The number of aromatic nitrogens is 1. The van der Waals surface area contributed by atoms with Crippen molar-refractivity contribution in [1.82, 2.24) is 10.3 Å². The Morgan fingerprint density at radius 2 is 1.80 bits per heavy atom. The van der Waals surface area contributed by atoms with Crippen LogP contribution >= 0.6 is 0 Å². The first kappa shape index (κ1) is 18.6. The molecule has 1 aromatic heterocycles. The molecule has 0 aliphatic rings. The fourth-order valence-corrected chi connectivity index (χ4v) is 2.28. The molecule has 0 atom stereocenters. The van der Waals surface area contributed by atoms with E-state index in [1.165, 1.54) is 0 Å². The van der Waals surface area contributed by atoms with Crippen LogP contribution in [0.1, 0.15) is 29.9 Å². The molecule has 2 aromatic rings. The number of pyridine rings is 1. The van der Waals surface area contributed by atoms with Crippen LogP contribution < -0.4 is 19.7 Å². The molecule has 1 aromatic carbocycles. The molecule has 0 radical (unpaired) electrons. The molecule has 2 rings (SSSR count). The van der Waals surface area contributed by atoms with Gasteiger partial charge in [0.2, 0.25) is 0 Å². The molecule has 0 aliphatic heterocycles. The molecule has 0 aliphatic carbocycles. The van der Waals surface area contributed by atoms with E-state index < -0.39 is 0 Å². The van der Waals surface area contributed by atoms with Gasteiger partial charge in [-0.2, -0.15) is 0 Å². The Morgan fingerprint density at radius 1 is 1.08 bits per heavy atom. The largest absolute Gasteiger partial charge is 0.490 e. The van der Waals surface area contributed by atoms with Crippen molar-refractivity contribution < 1.29 is 14.3 Å². The first-order chi connectivity index (χ1) is 12.0. The summed E-state index contributed by atoms with van der Waals surface area (Å²) in [6, 6.07) is 10.9. The number of hydrogen-bond acceptors (Lipinski definition) is 5. The van der Waals surface area contributed by atoms with E-state index in [0.29, 0.717) is 36.8 Å². The summed E-state index contributed by atoms with van der Waals surface area (Å²) in [5.74, 6) is 1.89. The monoisotopic (exact) mass is 343 g/mol. The van der Waals surface area contributed by atoms with E-state index in [1.54, 1.807) is 18.2 Å². The second-order valence-corrected chi connectivity index (χ2v) is 5.59. The second-order valence-electron chi connectivity index (χ2n) is 5.59. The van der Waals surface area contributed by atoms with Gasteiger partial charge >= 0.3 is 0 Å². The number of carbonyl (C=O) groups excluding carboxylic acids is 1. The zero-order chi connectivity index (χ0) is 18.2. The molecule has 1 heterocycles. The van der Waals surface area contributed by atoms with E-state index in [9.17, 15) is 4.79 Å². The number of nitrogens with zero attached hydrogens (tertiary/aromatic N) is 2. The average molecular weight is 343 g/mol. The Morgan fingerprint density at radius 3 is 2.48 bits per heavy atom. The number of ether oxygens (including phenoxy) is 2. The van der Waals surface area contributed by atoms with Gasteiger partial charge in [0.05, 0.1) is 25.5 Å². The van der Waals surface area contributed by atoms with Crippen LogP contribution in [0.25, 0.3) is 0 Å². The van der Waals surface area contributed by atoms with Crippen LogP contribution in [0.15, 0.2) is 36.4 Å². The third-order valence-electron chi connectivity index (χ3n) is 3.49. The minimum Gasteiger partial charge on any atom is -0.490 e. The average Bonchev–Trinajstić information content (AvgIpc) is 2.61. The summed E-state index contributed by atoms with van der Waals surface area (Å²) in [7, 11) is 3.86. The molecule has 0 spiro atoms. The van der Waals surface area contributed by atoms with Crippen molar-refractivity contribution in [2.45, 2.75) is 20.4 Å². The van der Waals surface area contributed by atoms with Crippen molar-refractivity contribution in [3.8, 4) is 11.5 Å². The zero-order valence-electron chi connectivity index (χ0n) is 15.2. The Bertz CT molecular complexity index is 717. The number of benzene rings is 1. The van der Waals surface area contributed by atoms with E-state index >= 15 is 0 Å². The lowest BCUT2D eigenvalue weighted by Gasteiger charge is -2.13. The maximum atomic E-state index is 12.4. The van der Waals surface area contributed by atoms with Gasteiger partial charge in [0.25, 0.3) is 5.91 Å². The van der Waals surface area contributed by atoms with Crippen molar-refractivity contribution in [3.63, 3.8) is 0 Å². The van der Waals surface area contributed by atoms with Crippen molar-refractivity contribution in [2.75, 3.05) is 32.2 Å². The third-order valence-corrected chi connectivity index (χ3v) is 3.49. The topological polar surface area (TPSA) is 63.7 Å². The highest BCUT2D eigenvalue weighted by Crippen LogP contribution is 2.28. The van der Waals surface area contributed by atoms with Gasteiger partial charge in [-0.3, -0.25) is 4.79 Å². The van der Waals surface area contributed by atoms with Gasteiger partial charge in [-0.1, -0.05) is 6.07 Å². The van der Waals surface area contributed by atoms with Crippen LogP contribution in [0.4, 0.5) is 5.82 Å². The molecule has 0 saturated carbocycles. The smallest absolute Gasteiger partial charge is 0.251 e. The molecule has 134 valence electrons. The van der Waals surface area contributed by atoms with E-state index in [2.05, 4.69) is 10.3 Å². The minimum atomic E-state index is -0.180. The predicted molar refractivity (Wildman–Crippen MR) is 98.5 cm³/mol. The molecule has 6 nitrogen and oxygen atoms in total. The lowest BCUT2D eigenvalue weighted by Crippen LogP contribution is -2.23. The van der Waals surface area contributed by atoms with Gasteiger partial charge in [0.1, 0.15) is 5.82 Å². The normalized spacial score (nSPS) is 10.2. The summed E-state index contributed by atoms with van der Waals surface area (Å²) < 4.78 is 11.1. The number of rotatable bonds is 8. The Kier molecular flexibility index (Phi) is 6.62. The SMILES string of the molecule is CCOc1ccc(C(=O)NCc2cccc(N(C)C)n2)cc1OCC. The maximum Gasteiger partial charge on any atom is 0.251 e. The number of amides is 1. The first-order valence-corrected chi connectivity index (χ1v) is 8.36. The molecule has 0 saturated heterocycles. The summed E-state index contributed by atoms with van der Waals surface area (Å²) in [6.07, 6.45) is 0. The van der Waals surface area contributed by atoms with Crippen LogP contribution in [-0.4, -0.2) is 38.2 Å². The van der Waals surface area contributed by atoms with E-state index in [-0.39, 0.29) is 5.91 Å². The summed E-state index contributed by atoms with van der Waals surface area (Å²) >= 11 is 0. The van der Waals surface area contributed by atoms with Gasteiger partial charge in [-0.05, 0) is 44.2 Å². The van der Waals surface area contributed by atoms with Crippen LogP contribution in [0, 0.1) is 0 Å². The fraction of sp³-hybridized carbons (Fsp3) is 0.368. The van der Waals surface area contributed by atoms with Gasteiger partial charge in [0.15, 0.2) is 11.5 Å². The fourth-order valence-electron chi connectivity index (χ4n) is 2.28. The Balaban J connectivity index is 2.07. The van der Waals surface area contributed by atoms with E-state index in [0.717, 1.165) is 11.5 Å². The maximum absolute atomic E-state index is 12.4. The standard InChI is InChI=1S/C19H25N3O3/c1-5-24-16-11-10-14(12-17(16)25-6-2)19(23)20-13-15-8-7-9-18(21-15)22(3)4/h7-12H,5-6,13H2,1-4H3,(H,20,23). The number of anilines is 1. The summed E-state index contributed by atoms with van der Waals surface area (Å²) in [6.45, 7) is 5.21. The van der Waals surface area contributed by atoms with Crippen molar-refractivity contribution in [2.24, 2.45) is 0 Å². The van der Waals surface area contributed by atoms with Gasteiger partial charge in [-0.15, -0.1) is 0 Å². The van der Waals surface area contributed by atoms with Crippen LogP contribution in [0.2, 0.25) is 0 Å². The van der Waals surface area contributed by atoms with Crippen molar-refractivity contribution in [1.29, 1.82) is 0 Å². The van der Waals surface area contributed by atoms with Crippen LogP contribution in [0.3, 0.4) is 0 Å². The summed E-state index contributed by atoms with van der Waals surface area (Å²) in [5, 5.41) is 2.89. The molecule has 1 amide bonds. The van der Waals surface area contributed by atoms with E-state index in [4.69, 9.17) is 9.47 Å². The summed E-state index contributed by atoms with van der Waals surface area (Å²) in [5.41, 5.74) is 1.33. The van der Waals surface area contributed by atoms with E-state index in [1.807, 2.05) is 51.0 Å². The molecular weight excluding hydrogens is 318 g/mol. The van der Waals surface area contributed by atoms with Crippen molar-refractivity contribution in [3.05, 3.63) is 47.7 Å². The second kappa shape index (κ2) is 8.92. The van der Waals surface area contributed by atoms with Crippen LogP contribution in [0.5, 0.6) is 11.5 Å². The molecule has 0 bridgehead atoms. The zero-order valence-corrected chi connectivity index (χ0v) is 15.2. The Hall–Kier alpha value is -2.76. The predicted octanol–water partition coefficient (Wildman–Crippen LogP) is 2.88. The summed E-state index contributed by atoms with van der Waals surface area (Å²) in [4.78, 5) is 18.8. The molecule has 0 unspecified atom stereocenters. The van der Waals surface area contributed by atoms with Gasteiger partial charge < -0.3 is 19.7 Å². The van der Waals surface area contributed by atoms with Gasteiger partial charge in [0, 0.05) is 19.7 Å². The number of carbonyl (C=O) groups is 1. The highest BCUT2D eigenvalue weighted by molar-refractivity contribution is 5.94. The van der Waals surface area contributed by atoms with Crippen LogP contribution in [-0.2, 0) is 6.54 Å². The Labute approximate surface area is 148 Å². The molecule has 6 heteroatoms. The van der Waals surface area contributed by atoms with Crippen molar-refractivity contribution >= 4 is 11.7 Å².